The van der Waals surface area contributed by atoms with Gasteiger partial charge < -0.3 is 23.7 Å². The van der Waals surface area contributed by atoms with Crippen LogP contribution >= 0.6 is 0 Å². The molecule has 1 atom stereocenters. The summed E-state index contributed by atoms with van der Waals surface area (Å²) in [4.78, 5) is 0. The van der Waals surface area contributed by atoms with Crippen molar-refractivity contribution in [2.75, 3.05) is 27.4 Å². The maximum absolute atomic E-state index is 6.26. The van der Waals surface area contributed by atoms with Crippen LogP contribution in [0.3, 0.4) is 0 Å². The van der Waals surface area contributed by atoms with Gasteiger partial charge in [-0.15, -0.1) is 0 Å². The van der Waals surface area contributed by atoms with Crippen molar-refractivity contribution in [2.24, 2.45) is 0 Å². The molecular weight excluding hydrogens is 416 g/mol. The minimum absolute atomic E-state index is 0.380. The van der Waals surface area contributed by atoms with Gasteiger partial charge in [-0.05, 0) is 54.6 Å². The van der Waals surface area contributed by atoms with E-state index in [4.69, 9.17) is 23.7 Å². The van der Waals surface area contributed by atoms with Crippen molar-refractivity contribution >= 4 is 21.5 Å². The van der Waals surface area contributed by atoms with Crippen LogP contribution in [0.2, 0.25) is 0 Å². The molecule has 5 nitrogen and oxygen atoms in total. The third-order valence-electron chi connectivity index (χ3n) is 5.65. The van der Waals surface area contributed by atoms with Crippen LogP contribution in [-0.2, 0) is 11.2 Å². The summed E-state index contributed by atoms with van der Waals surface area (Å²) in [6.07, 6.45) is 0.625. The molecule has 1 unspecified atom stereocenters. The number of rotatable bonds is 10. The Morgan fingerprint density at radius 3 is 2.27 bits per heavy atom. The molecule has 33 heavy (non-hydrogen) atoms. The Labute approximate surface area is 194 Å². The fourth-order valence-corrected chi connectivity index (χ4v) is 3.97. The second-order valence-electron chi connectivity index (χ2n) is 7.73. The zero-order chi connectivity index (χ0) is 23.2. The van der Waals surface area contributed by atoms with Crippen LogP contribution in [0, 0.1) is 0 Å². The lowest BCUT2D eigenvalue weighted by atomic mass is 10.0. The van der Waals surface area contributed by atoms with Gasteiger partial charge in [-0.2, -0.15) is 0 Å². The highest BCUT2D eigenvalue weighted by Crippen LogP contribution is 2.43. The molecule has 4 rings (SSSR count). The van der Waals surface area contributed by atoms with Gasteiger partial charge in [0.2, 0.25) is 0 Å². The van der Waals surface area contributed by atoms with Crippen molar-refractivity contribution in [3.8, 4) is 23.0 Å². The van der Waals surface area contributed by atoms with E-state index in [1.54, 1.807) is 14.2 Å². The quantitative estimate of drug-likeness (QED) is 0.160. The van der Waals surface area contributed by atoms with Crippen molar-refractivity contribution in [3.05, 3.63) is 72.3 Å². The van der Waals surface area contributed by atoms with Crippen molar-refractivity contribution in [1.82, 2.24) is 0 Å². The molecular formula is C28H30O5. The predicted molar refractivity (Wildman–Crippen MR) is 132 cm³/mol. The highest BCUT2D eigenvalue weighted by Gasteiger charge is 2.16. The number of aryl methyl sites for hydroxylation is 1. The monoisotopic (exact) mass is 446 g/mol. The number of hydrogen-bond acceptors (Lipinski definition) is 5. The maximum Gasteiger partial charge on any atom is 0.197 e. The van der Waals surface area contributed by atoms with Gasteiger partial charge in [0.1, 0.15) is 18.1 Å². The van der Waals surface area contributed by atoms with Crippen LogP contribution in [0.4, 0.5) is 0 Å². The van der Waals surface area contributed by atoms with Crippen molar-refractivity contribution in [1.29, 1.82) is 0 Å². The fraction of sp³-hybridized carbons (Fsp3) is 0.286. The Kier molecular flexibility index (Phi) is 7.20. The first-order chi connectivity index (χ1) is 16.1. The normalized spacial score (nSPS) is 12.0. The van der Waals surface area contributed by atoms with Gasteiger partial charge in [-0.3, -0.25) is 0 Å². The van der Waals surface area contributed by atoms with E-state index < -0.39 is 0 Å². The zero-order valence-electron chi connectivity index (χ0n) is 19.6. The molecule has 0 spiro atoms. The topological polar surface area (TPSA) is 46.2 Å². The van der Waals surface area contributed by atoms with Gasteiger partial charge in [-0.25, -0.2) is 0 Å². The molecule has 0 aliphatic heterocycles. The first-order valence-corrected chi connectivity index (χ1v) is 11.2. The lowest BCUT2D eigenvalue weighted by Crippen LogP contribution is -2.20. The Bertz CT molecular complexity index is 1220. The second-order valence-corrected chi connectivity index (χ2v) is 7.73. The van der Waals surface area contributed by atoms with Crippen LogP contribution < -0.4 is 18.9 Å². The molecule has 0 fully saturated rings. The zero-order valence-corrected chi connectivity index (χ0v) is 19.6. The summed E-state index contributed by atoms with van der Waals surface area (Å²) in [7, 11) is 3.29. The van der Waals surface area contributed by atoms with Crippen molar-refractivity contribution in [2.45, 2.75) is 26.6 Å². The highest BCUT2D eigenvalue weighted by molar-refractivity contribution is 6.08. The van der Waals surface area contributed by atoms with E-state index >= 15 is 0 Å². The number of benzene rings is 4. The Hall–Kier alpha value is -3.44. The van der Waals surface area contributed by atoms with Crippen LogP contribution in [0.25, 0.3) is 21.5 Å². The summed E-state index contributed by atoms with van der Waals surface area (Å²) in [6.45, 7) is 4.80. The molecule has 0 aromatic heterocycles. The molecule has 0 radical (unpaired) electrons. The summed E-state index contributed by atoms with van der Waals surface area (Å²) in [6, 6.07) is 22.2. The predicted octanol–water partition coefficient (Wildman–Crippen LogP) is 6.39. The van der Waals surface area contributed by atoms with Gasteiger partial charge in [0.25, 0.3) is 0 Å². The molecule has 4 aromatic rings. The number of ether oxygens (including phenoxy) is 5. The summed E-state index contributed by atoms with van der Waals surface area (Å²) in [5.74, 6) is 2.98. The summed E-state index contributed by atoms with van der Waals surface area (Å²) in [5, 5.41) is 4.02. The Balaban J connectivity index is 1.49. The van der Waals surface area contributed by atoms with Gasteiger partial charge in [-0.1, -0.05) is 43.3 Å². The van der Waals surface area contributed by atoms with E-state index in [1.807, 2.05) is 43.3 Å². The number of hydrogen-bond donors (Lipinski definition) is 0. The SMILES string of the molecule is CCc1ccc(OC(C)OCCOc2c3ccccc3cc3c(OC)c(OC)ccc23)cc1. The third-order valence-corrected chi connectivity index (χ3v) is 5.65. The smallest absolute Gasteiger partial charge is 0.197 e. The second kappa shape index (κ2) is 10.5. The number of fused-ring (bicyclic) bond motifs is 2. The minimum Gasteiger partial charge on any atom is -0.493 e. The third kappa shape index (κ3) is 4.99. The van der Waals surface area contributed by atoms with Crippen LogP contribution in [0.5, 0.6) is 23.0 Å². The van der Waals surface area contributed by atoms with E-state index in [2.05, 4.69) is 37.3 Å². The Morgan fingerprint density at radius 1 is 0.758 bits per heavy atom. The molecule has 172 valence electrons. The molecule has 0 heterocycles. The van der Waals surface area contributed by atoms with Crippen LogP contribution in [-0.4, -0.2) is 33.7 Å². The van der Waals surface area contributed by atoms with Crippen molar-refractivity contribution in [3.63, 3.8) is 0 Å². The molecule has 0 bridgehead atoms. The van der Waals surface area contributed by atoms with Gasteiger partial charge >= 0.3 is 0 Å². The molecule has 0 aliphatic rings. The van der Waals surface area contributed by atoms with Gasteiger partial charge in [0, 0.05) is 16.2 Å². The molecule has 0 N–H and O–H groups in total. The van der Waals surface area contributed by atoms with E-state index in [1.165, 1.54) is 5.56 Å². The summed E-state index contributed by atoms with van der Waals surface area (Å²) >= 11 is 0. The molecule has 5 heteroatoms. The molecule has 0 saturated carbocycles. The summed E-state index contributed by atoms with van der Waals surface area (Å²) in [5.41, 5.74) is 1.28. The fourth-order valence-electron chi connectivity index (χ4n) is 3.97. The van der Waals surface area contributed by atoms with Crippen LogP contribution in [0.15, 0.2) is 66.7 Å². The Morgan fingerprint density at radius 2 is 1.55 bits per heavy atom. The van der Waals surface area contributed by atoms with E-state index in [0.717, 1.165) is 39.5 Å². The number of methoxy groups -OCH3 is 2. The van der Waals surface area contributed by atoms with Gasteiger partial charge in [0.15, 0.2) is 17.8 Å². The minimum atomic E-state index is -0.380. The maximum atomic E-state index is 6.26. The average Bonchev–Trinajstić information content (AvgIpc) is 2.85. The molecule has 0 saturated heterocycles. The lowest BCUT2D eigenvalue weighted by molar-refractivity contribution is -0.0737. The molecule has 4 aromatic carbocycles. The average molecular weight is 447 g/mol. The standard InChI is InChI=1S/C28H30O5/c1-5-20-10-12-22(13-11-20)33-19(2)31-16-17-32-27-23-9-7-6-8-21(23)18-25-24(27)14-15-26(29-3)28(25)30-4/h6-15,18-19H,5,16-17H2,1-4H3. The summed E-state index contributed by atoms with van der Waals surface area (Å²) < 4.78 is 29.1. The van der Waals surface area contributed by atoms with Crippen molar-refractivity contribution < 1.29 is 23.7 Å². The molecule has 0 amide bonds. The van der Waals surface area contributed by atoms with Gasteiger partial charge in [0.05, 0.1) is 20.8 Å². The van der Waals surface area contributed by atoms with Crippen LogP contribution in [0.1, 0.15) is 19.4 Å². The lowest BCUT2D eigenvalue weighted by Gasteiger charge is -2.18. The first-order valence-electron chi connectivity index (χ1n) is 11.2. The first kappa shape index (κ1) is 22.7. The molecule has 0 aliphatic carbocycles. The van der Waals surface area contributed by atoms with E-state index in [9.17, 15) is 0 Å². The van der Waals surface area contributed by atoms with E-state index in [-0.39, 0.29) is 6.29 Å². The highest BCUT2D eigenvalue weighted by atomic mass is 16.7. The largest absolute Gasteiger partial charge is 0.493 e. The van der Waals surface area contributed by atoms with E-state index in [0.29, 0.717) is 24.7 Å².